The van der Waals surface area contributed by atoms with E-state index in [0.717, 1.165) is 0 Å². The van der Waals surface area contributed by atoms with E-state index >= 15 is 0 Å². The molecule has 0 saturated carbocycles. The normalized spacial score (nSPS) is 10.7. The van der Waals surface area contributed by atoms with E-state index in [1.54, 1.807) is 18.2 Å². The standard InChI is InChI=1S/C14H16F3NO2/c1-19-12-5-6-13(11(10-12)4-2-8-18)20-9-3-7-14(15,16)17/h5-6,10H,3,7-9,18H2,1H3. The lowest BCUT2D eigenvalue weighted by Crippen LogP contribution is -2.10. The van der Waals surface area contributed by atoms with Crippen molar-refractivity contribution in [2.45, 2.75) is 19.0 Å². The number of hydrogen-bond donors (Lipinski definition) is 1. The minimum absolute atomic E-state index is 0.0247. The van der Waals surface area contributed by atoms with Crippen LogP contribution in [0.2, 0.25) is 0 Å². The Labute approximate surface area is 115 Å². The first-order valence-corrected chi connectivity index (χ1v) is 6.03. The molecule has 0 heterocycles. The van der Waals surface area contributed by atoms with Gasteiger partial charge in [0.2, 0.25) is 0 Å². The van der Waals surface area contributed by atoms with Crippen LogP contribution in [0.3, 0.4) is 0 Å². The van der Waals surface area contributed by atoms with Crippen LogP contribution < -0.4 is 15.2 Å². The van der Waals surface area contributed by atoms with Gasteiger partial charge in [-0.15, -0.1) is 0 Å². The van der Waals surface area contributed by atoms with E-state index in [-0.39, 0.29) is 19.6 Å². The van der Waals surface area contributed by atoms with Gasteiger partial charge >= 0.3 is 6.18 Å². The maximum absolute atomic E-state index is 12.0. The summed E-state index contributed by atoms with van der Waals surface area (Å²) in [6, 6.07) is 4.93. The molecular formula is C14H16F3NO2. The fourth-order valence-corrected chi connectivity index (χ4v) is 1.46. The van der Waals surface area contributed by atoms with E-state index in [9.17, 15) is 13.2 Å². The Morgan fingerprint density at radius 1 is 1.30 bits per heavy atom. The molecule has 0 saturated heterocycles. The minimum atomic E-state index is -4.16. The number of alkyl halides is 3. The number of halogens is 3. The molecule has 0 atom stereocenters. The smallest absolute Gasteiger partial charge is 0.389 e. The lowest BCUT2D eigenvalue weighted by Gasteiger charge is -2.10. The highest BCUT2D eigenvalue weighted by molar-refractivity contribution is 5.50. The molecule has 6 heteroatoms. The first kappa shape index (κ1) is 16.2. The Balaban J connectivity index is 2.68. The number of methoxy groups -OCH3 is 1. The van der Waals surface area contributed by atoms with Crippen molar-refractivity contribution in [3.05, 3.63) is 23.8 Å². The molecule has 20 heavy (non-hydrogen) atoms. The molecule has 0 aromatic heterocycles. The van der Waals surface area contributed by atoms with E-state index in [1.165, 1.54) is 7.11 Å². The van der Waals surface area contributed by atoms with Crippen molar-refractivity contribution >= 4 is 0 Å². The summed E-state index contributed by atoms with van der Waals surface area (Å²) in [5.41, 5.74) is 5.84. The van der Waals surface area contributed by atoms with Gasteiger partial charge in [-0.1, -0.05) is 11.8 Å². The molecular weight excluding hydrogens is 271 g/mol. The number of benzene rings is 1. The number of ether oxygens (including phenoxy) is 2. The molecule has 0 radical (unpaired) electrons. The Hall–Kier alpha value is -1.87. The fourth-order valence-electron chi connectivity index (χ4n) is 1.46. The van der Waals surface area contributed by atoms with Crippen LogP contribution in [-0.4, -0.2) is 26.4 Å². The first-order chi connectivity index (χ1) is 9.46. The van der Waals surface area contributed by atoms with Crippen molar-refractivity contribution in [3.63, 3.8) is 0 Å². The lowest BCUT2D eigenvalue weighted by atomic mass is 10.2. The molecule has 1 aromatic carbocycles. The molecule has 2 N–H and O–H groups in total. The van der Waals surface area contributed by atoms with Crippen LogP contribution in [-0.2, 0) is 0 Å². The maximum atomic E-state index is 12.0. The molecule has 0 fully saturated rings. The molecule has 3 nitrogen and oxygen atoms in total. The second-order valence-electron chi connectivity index (χ2n) is 3.94. The predicted molar refractivity (Wildman–Crippen MR) is 69.7 cm³/mol. The van der Waals surface area contributed by atoms with E-state index < -0.39 is 12.6 Å². The summed E-state index contributed by atoms with van der Waals surface area (Å²) in [6.07, 6.45) is -5.13. The van der Waals surface area contributed by atoms with Gasteiger partial charge in [0.05, 0.1) is 25.8 Å². The second kappa shape index (κ2) is 7.65. The van der Waals surface area contributed by atoms with Gasteiger partial charge in [-0.3, -0.25) is 0 Å². The second-order valence-corrected chi connectivity index (χ2v) is 3.94. The van der Waals surface area contributed by atoms with Gasteiger partial charge in [0.1, 0.15) is 11.5 Å². The Bertz CT molecular complexity index is 489. The third kappa shape index (κ3) is 5.85. The Kier molecular flexibility index (Phi) is 6.19. The Morgan fingerprint density at radius 3 is 2.65 bits per heavy atom. The molecule has 1 rings (SSSR count). The van der Waals surface area contributed by atoms with E-state index in [4.69, 9.17) is 15.2 Å². The summed E-state index contributed by atoms with van der Waals surface area (Å²) in [4.78, 5) is 0. The van der Waals surface area contributed by atoms with E-state index in [2.05, 4.69) is 11.8 Å². The summed E-state index contributed by atoms with van der Waals surface area (Å²) in [5.74, 6) is 6.49. The van der Waals surface area contributed by atoms with Gasteiger partial charge in [-0.2, -0.15) is 13.2 Å². The third-order valence-corrected chi connectivity index (χ3v) is 2.37. The van der Waals surface area contributed by atoms with Crippen LogP contribution in [0.15, 0.2) is 18.2 Å². The molecule has 0 spiro atoms. The monoisotopic (exact) mass is 287 g/mol. The molecule has 0 bridgehead atoms. The van der Waals surface area contributed by atoms with Crippen LogP contribution in [0.5, 0.6) is 11.5 Å². The summed E-state index contributed by atoms with van der Waals surface area (Å²) < 4.78 is 46.4. The Morgan fingerprint density at radius 2 is 2.05 bits per heavy atom. The van der Waals surface area contributed by atoms with Crippen molar-refractivity contribution in [1.29, 1.82) is 0 Å². The predicted octanol–water partition coefficient (Wildman–Crippen LogP) is 2.73. The molecule has 0 unspecified atom stereocenters. The number of hydrogen-bond acceptors (Lipinski definition) is 3. The largest absolute Gasteiger partial charge is 0.497 e. The van der Waals surface area contributed by atoms with Crippen molar-refractivity contribution < 1.29 is 22.6 Å². The summed E-state index contributed by atoms with van der Waals surface area (Å²) in [6.45, 7) is 0.161. The molecule has 0 aliphatic heterocycles. The van der Waals surface area contributed by atoms with E-state index in [0.29, 0.717) is 17.1 Å². The topological polar surface area (TPSA) is 44.5 Å². The molecule has 0 aliphatic rings. The van der Waals surface area contributed by atoms with Crippen LogP contribution in [0.25, 0.3) is 0 Å². The third-order valence-electron chi connectivity index (χ3n) is 2.37. The minimum Gasteiger partial charge on any atom is -0.497 e. The fraction of sp³-hybridized carbons (Fsp3) is 0.429. The van der Waals surface area contributed by atoms with Crippen LogP contribution >= 0.6 is 0 Å². The van der Waals surface area contributed by atoms with Gasteiger partial charge in [-0.25, -0.2) is 0 Å². The first-order valence-electron chi connectivity index (χ1n) is 6.03. The summed E-state index contributed by atoms with van der Waals surface area (Å²) in [7, 11) is 1.51. The van der Waals surface area contributed by atoms with Gasteiger partial charge in [-0.05, 0) is 24.6 Å². The maximum Gasteiger partial charge on any atom is 0.389 e. The van der Waals surface area contributed by atoms with Crippen LogP contribution in [0.1, 0.15) is 18.4 Å². The zero-order valence-electron chi connectivity index (χ0n) is 11.1. The summed E-state index contributed by atoms with van der Waals surface area (Å²) in [5, 5.41) is 0. The average molecular weight is 287 g/mol. The number of rotatable bonds is 5. The van der Waals surface area contributed by atoms with Crippen LogP contribution in [0, 0.1) is 11.8 Å². The van der Waals surface area contributed by atoms with Gasteiger partial charge < -0.3 is 15.2 Å². The SMILES string of the molecule is COc1ccc(OCCCC(F)(F)F)c(C#CCN)c1. The zero-order valence-corrected chi connectivity index (χ0v) is 11.1. The number of nitrogens with two attached hydrogens (primary N) is 1. The van der Waals surface area contributed by atoms with Crippen molar-refractivity contribution in [2.24, 2.45) is 5.73 Å². The van der Waals surface area contributed by atoms with Crippen molar-refractivity contribution in [2.75, 3.05) is 20.3 Å². The van der Waals surface area contributed by atoms with E-state index in [1.807, 2.05) is 0 Å². The molecule has 0 aliphatic carbocycles. The van der Waals surface area contributed by atoms with Gasteiger partial charge in [0.15, 0.2) is 0 Å². The lowest BCUT2D eigenvalue weighted by molar-refractivity contribution is -0.136. The highest BCUT2D eigenvalue weighted by Gasteiger charge is 2.26. The summed E-state index contributed by atoms with van der Waals surface area (Å²) >= 11 is 0. The molecule has 1 aromatic rings. The zero-order chi connectivity index (χ0) is 15.0. The van der Waals surface area contributed by atoms with Crippen molar-refractivity contribution in [1.82, 2.24) is 0 Å². The molecule has 110 valence electrons. The highest BCUT2D eigenvalue weighted by Crippen LogP contribution is 2.25. The highest BCUT2D eigenvalue weighted by atomic mass is 19.4. The van der Waals surface area contributed by atoms with Gasteiger partial charge in [0, 0.05) is 6.42 Å². The van der Waals surface area contributed by atoms with Crippen LogP contribution in [0.4, 0.5) is 13.2 Å². The molecule has 0 amide bonds. The van der Waals surface area contributed by atoms with Gasteiger partial charge in [0.25, 0.3) is 0 Å². The average Bonchev–Trinajstić information content (AvgIpc) is 2.40. The quantitative estimate of drug-likeness (QED) is 0.669. The van der Waals surface area contributed by atoms with Crippen molar-refractivity contribution in [3.8, 4) is 23.3 Å².